The maximum atomic E-state index is 12.8. The van der Waals surface area contributed by atoms with Gasteiger partial charge in [-0.25, -0.2) is 0 Å². The van der Waals surface area contributed by atoms with E-state index >= 15 is 0 Å². The van der Waals surface area contributed by atoms with Crippen molar-refractivity contribution in [3.05, 3.63) is 64.7 Å². The minimum absolute atomic E-state index is 0.0535. The van der Waals surface area contributed by atoms with Crippen molar-refractivity contribution in [2.75, 3.05) is 18.4 Å². The zero-order valence-corrected chi connectivity index (χ0v) is 18.2. The van der Waals surface area contributed by atoms with Crippen LogP contribution in [-0.4, -0.2) is 29.8 Å². The first-order valence-electron chi connectivity index (χ1n) is 10.4. The largest absolute Gasteiger partial charge is 0.339 e. The van der Waals surface area contributed by atoms with Crippen molar-refractivity contribution in [1.29, 1.82) is 0 Å². The molecule has 1 N–H and O–H groups in total. The van der Waals surface area contributed by atoms with Gasteiger partial charge < -0.3 is 10.2 Å². The average Bonchev–Trinajstić information content (AvgIpc) is 2.69. The Bertz CT molecular complexity index is 886. The topological polar surface area (TPSA) is 49.4 Å². The van der Waals surface area contributed by atoms with E-state index in [1.165, 1.54) is 5.56 Å². The lowest BCUT2D eigenvalue weighted by atomic mass is 9.86. The van der Waals surface area contributed by atoms with Gasteiger partial charge in [-0.2, -0.15) is 0 Å². The molecule has 1 fully saturated rings. The number of nitrogens with zero attached hydrogens (tertiary/aromatic N) is 1. The second-order valence-corrected chi connectivity index (χ2v) is 9.20. The Morgan fingerprint density at radius 1 is 0.966 bits per heavy atom. The lowest BCUT2D eigenvalue weighted by Gasteiger charge is -2.31. The zero-order valence-electron chi connectivity index (χ0n) is 18.2. The van der Waals surface area contributed by atoms with Crippen LogP contribution in [0.5, 0.6) is 0 Å². The molecule has 0 spiro atoms. The van der Waals surface area contributed by atoms with Crippen LogP contribution in [0.1, 0.15) is 60.7 Å². The summed E-state index contributed by atoms with van der Waals surface area (Å²) < 4.78 is 0. The van der Waals surface area contributed by atoms with E-state index in [4.69, 9.17) is 0 Å². The first kappa shape index (κ1) is 21.1. The van der Waals surface area contributed by atoms with Gasteiger partial charge in [0.15, 0.2) is 0 Å². The molecule has 0 atom stereocenters. The summed E-state index contributed by atoms with van der Waals surface area (Å²) in [5, 5.41) is 3.07. The standard InChI is InChI=1S/C25H32N2O2/c1-17-6-7-18(2)22(16-17)26-23(28)19-12-14-27(15-13-19)24(29)20-8-10-21(11-9-20)25(3,4)5/h6-11,16,19H,12-15H2,1-5H3,(H,26,28). The first-order valence-corrected chi connectivity index (χ1v) is 10.4. The third kappa shape index (κ3) is 5.06. The maximum absolute atomic E-state index is 12.8. The molecule has 1 heterocycles. The summed E-state index contributed by atoms with van der Waals surface area (Å²) in [7, 11) is 0. The van der Waals surface area contributed by atoms with E-state index in [9.17, 15) is 9.59 Å². The Morgan fingerprint density at radius 3 is 2.17 bits per heavy atom. The normalized spacial score (nSPS) is 15.3. The van der Waals surface area contributed by atoms with E-state index in [0.717, 1.165) is 22.4 Å². The number of rotatable bonds is 3. The highest BCUT2D eigenvalue weighted by atomic mass is 16.2. The number of hydrogen-bond donors (Lipinski definition) is 1. The zero-order chi connectivity index (χ0) is 21.2. The highest BCUT2D eigenvalue weighted by molar-refractivity contribution is 5.95. The van der Waals surface area contributed by atoms with E-state index in [0.29, 0.717) is 25.9 Å². The summed E-state index contributed by atoms with van der Waals surface area (Å²) in [4.78, 5) is 27.4. The van der Waals surface area contributed by atoms with Crippen LogP contribution >= 0.6 is 0 Å². The predicted octanol–water partition coefficient (Wildman–Crippen LogP) is 5.09. The summed E-state index contributed by atoms with van der Waals surface area (Å²) in [6, 6.07) is 14.0. The van der Waals surface area contributed by atoms with Crippen LogP contribution in [0.2, 0.25) is 0 Å². The molecule has 1 saturated heterocycles. The number of aryl methyl sites for hydroxylation is 2. The number of piperidine rings is 1. The minimum atomic E-state index is -0.0535. The van der Waals surface area contributed by atoms with Gasteiger partial charge in [-0.1, -0.05) is 45.0 Å². The summed E-state index contributed by atoms with van der Waals surface area (Å²) in [6.07, 6.45) is 1.39. The lowest BCUT2D eigenvalue weighted by molar-refractivity contribution is -0.121. The van der Waals surface area contributed by atoms with Gasteiger partial charge in [0, 0.05) is 30.3 Å². The predicted molar refractivity (Wildman–Crippen MR) is 118 cm³/mol. The molecule has 4 heteroatoms. The van der Waals surface area contributed by atoms with Crippen molar-refractivity contribution in [3.8, 4) is 0 Å². The fraction of sp³-hybridized carbons (Fsp3) is 0.440. The molecule has 0 aliphatic carbocycles. The minimum Gasteiger partial charge on any atom is -0.339 e. The van der Waals surface area contributed by atoms with Crippen molar-refractivity contribution >= 4 is 17.5 Å². The maximum Gasteiger partial charge on any atom is 0.253 e. The molecular weight excluding hydrogens is 360 g/mol. The number of benzene rings is 2. The van der Waals surface area contributed by atoms with Crippen molar-refractivity contribution in [2.45, 2.75) is 52.9 Å². The van der Waals surface area contributed by atoms with E-state index in [1.807, 2.05) is 61.2 Å². The molecule has 0 radical (unpaired) electrons. The van der Waals surface area contributed by atoms with Crippen molar-refractivity contribution in [1.82, 2.24) is 4.90 Å². The van der Waals surface area contributed by atoms with Gasteiger partial charge in [-0.15, -0.1) is 0 Å². The molecule has 0 aromatic heterocycles. The number of hydrogen-bond acceptors (Lipinski definition) is 2. The molecule has 2 amide bonds. The van der Waals surface area contributed by atoms with Gasteiger partial charge in [-0.05, 0) is 67.0 Å². The fourth-order valence-electron chi connectivity index (χ4n) is 3.75. The summed E-state index contributed by atoms with van der Waals surface area (Å²) in [5.74, 6) is 0.0569. The number of carbonyl (C=O) groups is 2. The second-order valence-electron chi connectivity index (χ2n) is 9.20. The number of likely N-dealkylation sites (tertiary alicyclic amines) is 1. The quantitative estimate of drug-likeness (QED) is 0.791. The average molecular weight is 393 g/mol. The number of nitrogens with one attached hydrogen (secondary N) is 1. The van der Waals surface area contributed by atoms with Crippen LogP contribution in [0.3, 0.4) is 0 Å². The van der Waals surface area contributed by atoms with Crippen molar-refractivity contribution in [3.63, 3.8) is 0 Å². The SMILES string of the molecule is Cc1ccc(C)c(NC(=O)C2CCN(C(=O)c3ccc(C(C)(C)C)cc3)CC2)c1. The van der Waals surface area contributed by atoms with E-state index in [1.54, 1.807) is 0 Å². The van der Waals surface area contributed by atoms with Gasteiger partial charge in [0.2, 0.25) is 5.91 Å². The highest BCUT2D eigenvalue weighted by Gasteiger charge is 2.28. The lowest BCUT2D eigenvalue weighted by Crippen LogP contribution is -2.41. The van der Waals surface area contributed by atoms with Crippen LogP contribution in [0.25, 0.3) is 0 Å². The van der Waals surface area contributed by atoms with Gasteiger partial charge in [0.25, 0.3) is 5.91 Å². The molecule has 1 aliphatic rings. The Balaban J connectivity index is 1.57. The van der Waals surface area contributed by atoms with Crippen LogP contribution in [0, 0.1) is 19.8 Å². The van der Waals surface area contributed by atoms with Crippen LogP contribution in [0.15, 0.2) is 42.5 Å². The molecule has 0 bridgehead atoms. The summed E-state index contributed by atoms with van der Waals surface area (Å²) >= 11 is 0. The molecular formula is C25H32N2O2. The molecule has 3 rings (SSSR count). The highest BCUT2D eigenvalue weighted by Crippen LogP contribution is 2.25. The summed E-state index contributed by atoms with van der Waals surface area (Å²) in [6.45, 7) is 11.7. The number of anilines is 1. The summed E-state index contributed by atoms with van der Waals surface area (Å²) in [5.41, 5.74) is 5.09. The van der Waals surface area contributed by atoms with Gasteiger partial charge >= 0.3 is 0 Å². The molecule has 154 valence electrons. The number of carbonyl (C=O) groups excluding carboxylic acids is 2. The van der Waals surface area contributed by atoms with Gasteiger partial charge in [-0.3, -0.25) is 9.59 Å². The molecule has 2 aromatic rings. The van der Waals surface area contributed by atoms with E-state index in [-0.39, 0.29) is 23.1 Å². The Morgan fingerprint density at radius 2 is 1.59 bits per heavy atom. The second kappa shape index (κ2) is 8.40. The van der Waals surface area contributed by atoms with Crippen LogP contribution in [0.4, 0.5) is 5.69 Å². The van der Waals surface area contributed by atoms with Gasteiger partial charge in [0.1, 0.15) is 0 Å². The van der Waals surface area contributed by atoms with Crippen molar-refractivity contribution in [2.24, 2.45) is 5.92 Å². The van der Waals surface area contributed by atoms with Crippen LogP contribution in [-0.2, 0) is 10.2 Å². The smallest absolute Gasteiger partial charge is 0.253 e. The van der Waals surface area contributed by atoms with Gasteiger partial charge in [0.05, 0.1) is 0 Å². The molecule has 0 unspecified atom stereocenters. The fourth-order valence-corrected chi connectivity index (χ4v) is 3.75. The van der Waals surface area contributed by atoms with Crippen LogP contribution < -0.4 is 5.32 Å². The third-order valence-electron chi connectivity index (χ3n) is 5.80. The number of amides is 2. The Hall–Kier alpha value is -2.62. The third-order valence-corrected chi connectivity index (χ3v) is 5.80. The Labute approximate surface area is 174 Å². The molecule has 0 saturated carbocycles. The monoisotopic (exact) mass is 392 g/mol. The first-order chi connectivity index (χ1) is 13.6. The van der Waals surface area contributed by atoms with E-state index in [2.05, 4.69) is 26.1 Å². The molecule has 29 heavy (non-hydrogen) atoms. The van der Waals surface area contributed by atoms with Crippen molar-refractivity contribution < 1.29 is 9.59 Å². The molecule has 1 aliphatic heterocycles. The molecule has 4 nitrogen and oxygen atoms in total. The molecule has 2 aromatic carbocycles. The Kier molecular flexibility index (Phi) is 6.11. The van der Waals surface area contributed by atoms with E-state index < -0.39 is 0 Å².